The van der Waals surface area contributed by atoms with Gasteiger partial charge in [-0.3, -0.25) is 0 Å². The first-order chi connectivity index (χ1) is 7.79. The molecule has 0 fully saturated rings. The van der Waals surface area contributed by atoms with E-state index >= 15 is 0 Å². The van der Waals surface area contributed by atoms with Crippen LogP contribution in [0.5, 0.6) is 11.5 Å². The third-order valence-corrected chi connectivity index (χ3v) is 2.01. The minimum Gasteiger partial charge on any atom is -0.493 e. The Labute approximate surface area is 92.8 Å². The molecule has 1 aromatic carbocycles. The van der Waals surface area contributed by atoms with Gasteiger partial charge < -0.3 is 19.6 Å². The second kappa shape index (κ2) is 4.57. The predicted octanol–water partition coefficient (Wildman–Crippen LogP) is 1.84. The van der Waals surface area contributed by atoms with E-state index in [4.69, 9.17) is 19.6 Å². The summed E-state index contributed by atoms with van der Waals surface area (Å²) >= 11 is 0. The highest BCUT2D eigenvalue weighted by molar-refractivity contribution is 5.39. The maximum atomic E-state index is 5.52. The summed E-state index contributed by atoms with van der Waals surface area (Å²) in [7, 11) is 1.59. The molecule has 0 atom stereocenters. The molecule has 0 spiro atoms. The van der Waals surface area contributed by atoms with Crippen LogP contribution in [-0.4, -0.2) is 12.1 Å². The van der Waals surface area contributed by atoms with E-state index in [1.165, 1.54) is 6.26 Å². The molecular formula is C11H12N2O3. The molecule has 0 amide bonds. The Bertz CT molecular complexity index is 468. The first-order valence-electron chi connectivity index (χ1n) is 4.75. The van der Waals surface area contributed by atoms with E-state index in [9.17, 15) is 0 Å². The first-order valence-corrected chi connectivity index (χ1v) is 4.75. The molecule has 0 bridgehead atoms. The molecule has 0 unspecified atom stereocenters. The third kappa shape index (κ3) is 2.25. The molecule has 0 saturated carbocycles. The Morgan fingerprint density at radius 2 is 2.06 bits per heavy atom. The van der Waals surface area contributed by atoms with Crippen LogP contribution in [0.3, 0.4) is 0 Å². The molecule has 0 radical (unpaired) electrons. The van der Waals surface area contributed by atoms with Gasteiger partial charge >= 0.3 is 0 Å². The number of rotatable bonds is 4. The number of nitrogen functional groups attached to an aromatic ring is 1. The third-order valence-electron chi connectivity index (χ3n) is 2.01. The van der Waals surface area contributed by atoms with Crippen LogP contribution in [0, 0.1) is 0 Å². The van der Waals surface area contributed by atoms with E-state index in [1.807, 2.05) is 24.3 Å². The van der Waals surface area contributed by atoms with Crippen LogP contribution in [0.25, 0.3) is 0 Å². The normalized spacial score (nSPS) is 10.1. The number of benzene rings is 1. The largest absolute Gasteiger partial charge is 0.493 e. The molecule has 0 aliphatic heterocycles. The van der Waals surface area contributed by atoms with Crippen LogP contribution in [0.15, 0.2) is 34.9 Å². The maximum absolute atomic E-state index is 5.52. The Kier molecular flexibility index (Phi) is 2.95. The van der Waals surface area contributed by atoms with Crippen molar-refractivity contribution < 1.29 is 13.9 Å². The number of hydrogen-bond acceptors (Lipinski definition) is 5. The first kappa shape index (κ1) is 10.4. The second-order valence-electron chi connectivity index (χ2n) is 3.12. The van der Waals surface area contributed by atoms with Gasteiger partial charge in [-0.1, -0.05) is 12.1 Å². The SMILES string of the molecule is COc1ccccc1OCc1coc(N)n1. The number of oxazole rings is 1. The van der Waals surface area contributed by atoms with Gasteiger partial charge in [-0.05, 0) is 12.1 Å². The van der Waals surface area contributed by atoms with Gasteiger partial charge in [0.15, 0.2) is 11.5 Å². The van der Waals surface area contributed by atoms with Crippen LogP contribution < -0.4 is 15.2 Å². The molecule has 16 heavy (non-hydrogen) atoms. The summed E-state index contributed by atoms with van der Waals surface area (Å²) in [6.07, 6.45) is 1.46. The van der Waals surface area contributed by atoms with Gasteiger partial charge in [-0.15, -0.1) is 0 Å². The van der Waals surface area contributed by atoms with Crippen molar-refractivity contribution in [2.45, 2.75) is 6.61 Å². The average Bonchev–Trinajstić information content (AvgIpc) is 2.73. The summed E-state index contributed by atoms with van der Waals surface area (Å²) in [6, 6.07) is 7.53. The van der Waals surface area contributed by atoms with E-state index in [2.05, 4.69) is 4.98 Å². The van der Waals surface area contributed by atoms with Gasteiger partial charge in [0.1, 0.15) is 18.6 Å². The number of nitrogens with two attached hydrogens (primary N) is 1. The predicted molar refractivity (Wildman–Crippen MR) is 58.2 cm³/mol. The minimum absolute atomic E-state index is 0.138. The molecule has 1 aromatic heterocycles. The van der Waals surface area contributed by atoms with E-state index < -0.39 is 0 Å². The lowest BCUT2D eigenvalue weighted by atomic mass is 10.3. The Balaban J connectivity index is 2.04. The molecule has 2 N–H and O–H groups in total. The van der Waals surface area contributed by atoms with Crippen molar-refractivity contribution in [2.24, 2.45) is 0 Å². The minimum atomic E-state index is 0.138. The molecule has 0 saturated heterocycles. The summed E-state index contributed by atoms with van der Waals surface area (Å²) < 4.78 is 15.5. The van der Waals surface area contributed by atoms with E-state index in [0.29, 0.717) is 23.8 Å². The molecule has 1 heterocycles. The molecule has 2 aromatic rings. The number of anilines is 1. The Morgan fingerprint density at radius 3 is 2.69 bits per heavy atom. The van der Waals surface area contributed by atoms with Crippen molar-refractivity contribution in [3.63, 3.8) is 0 Å². The van der Waals surface area contributed by atoms with E-state index in [-0.39, 0.29) is 6.01 Å². The van der Waals surface area contributed by atoms with E-state index in [1.54, 1.807) is 7.11 Å². The van der Waals surface area contributed by atoms with Crippen LogP contribution >= 0.6 is 0 Å². The zero-order valence-corrected chi connectivity index (χ0v) is 8.84. The van der Waals surface area contributed by atoms with Gasteiger partial charge in [0.2, 0.25) is 0 Å². The Hall–Kier alpha value is -2.17. The van der Waals surface area contributed by atoms with Crippen molar-refractivity contribution >= 4 is 6.01 Å². The monoisotopic (exact) mass is 220 g/mol. The molecule has 84 valence electrons. The van der Waals surface area contributed by atoms with Crippen molar-refractivity contribution in [1.82, 2.24) is 4.98 Å². The van der Waals surface area contributed by atoms with E-state index in [0.717, 1.165) is 0 Å². The number of hydrogen-bond donors (Lipinski definition) is 1. The average molecular weight is 220 g/mol. The van der Waals surface area contributed by atoms with Gasteiger partial charge in [-0.2, -0.15) is 4.98 Å². The summed E-state index contributed by atoms with van der Waals surface area (Å²) in [5, 5.41) is 0. The highest BCUT2D eigenvalue weighted by Gasteiger charge is 2.05. The number of para-hydroxylation sites is 2. The van der Waals surface area contributed by atoms with Crippen molar-refractivity contribution in [1.29, 1.82) is 0 Å². The van der Waals surface area contributed by atoms with Crippen molar-refractivity contribution in [2.75, 3.05) is 12.8 Å². The molecular weight excluding hydrogens is 208 g/mol. The molecule has 5 nitrogen and oxygen atoms in total. The van der Waals surface area contributed by atoms with Gasteiger partial charge in [0, 0.05) is 0 Å². The molecule has 2 rings (SSSR count). The van der Waals surface area contributed by atoms with Crippen LogP contribution in [0.4, 0.5) is 6.01 Å². The number of methoxy groups -OCH3 is 1. The number of nitrogens with zero attached hydrogens (tertiary/aromatic N) is 1. The second-order valence-corrected chi connectivity index (χ2v) is 3.12. The smallest absolute Gasteiger partial charge is 0.292 e. The van der Waals surface area contributed by atoms with Crippen LogP contribution in [0.2, 0.25) is 0 Å². The standard InChI is InChI=1S/C11H12N2O3/c1-14-9-4-2-3-5-10(9)15-6-8-7-16-11(12)13-8/h2-5,7H,6H2,1H3,(H2,12,13). The number of aromatic nitrogens is 1. The highest BCUT2D eigenvalue weighted by Crippen LogP contribution is 2.26. The van der Waals surface area contributed by atoms with Crippen molar-refractivity contribution in [3.05, 3.63) is 36.2 Å². The lowest BCUT2D eigenvalue weighted by molar-refractivity contribution is 0.280. The summed E-state index contributed by atoms with van der Waals surface area (Å²) in [6.45, 7) is 0.293. The molecule has 5 heteroatoms. The fourth-order valence-corrected chi connectivity index (χ4v) is 1.28. The van der Waals surface area contributed by atoms with Crippen LogP contribution in [-0.2, 0) is 6.61 Å². The molecule has 0 aliphatic rings. The zero-order chi connectivity index (χ0) is 11.4. The summed E-state index contributed by atoms with van der Waals surface area (Å²) in [5.41, 5.74) is 5.99. The highest BCUT2D eigenvalue weighted by atomic mass is 16.5. The molecule has 0 aliphatic carbocycles. The topological polar surface area (TPSA) is 70.5 Å². The lowest BCUT2D eigenvalue weighted by Crippen LogP contribution is -1.98. The van der Waals surface area contributed by atoms with Gasteiger partial charge in [0.05, 0.1) is 7.11 Å². The Morgan fingerprint density at radius 1 is 1.31 bits per heavy atom. The fraction of sp³-hybridized carbons (Fsp3) is 0.182. The fourth-order valence-electron chi connectivity index (χ4n) is 1.28. The van der Waals surface area contributed by atoms with Crippen LogP contribution in [0.1, 0.15) is 5.69 Å². The van der Waals surface area contributed by atoms with Gasteiger partial charge in [-0.25, -0.2) is 0 Å². The quantitative estimate of drug-likeness (QED) is 0.851. The zero-order valence-electron chi connectivity index (χ0n) is 8.84. The summed E-state index contributed by atoms with van der Waals surface area (Å²) in [5.74, 6) is 1.34. The summed E-state index contributed by atoms with van der Waals surface area (Å²) in [4.78, 5) is 3.93. The van der Waals surface area contributed by atoms with Crippen molar-refractivity contribution in [3.8, 4) is 11.5 Å². The maximum Gasteiger partial charge on any atom is 0.292 e. The lowest BCUT2D eigenvalue weighted by Gasteiger charge is -2.08. The van der Waals surface area contributed by atoms with Gasteiger partial charge in [0.25, 0.3) is 6.01 Å². The number of ether oxygens (including phenoxy) is 2.